The van der Waals surface area contributed by atoms with Gasteiger partial charge in [-0.2, -0.15) is 0 Å². The molecule has 0 saturated heterocycles. The molecule has 24 heavy (non-hydrogen) atoms. The number of aryl methyl sites for hydroxylation is 2. The molecule has 2 aromatic rings. The summed E-state index contributed by atoms with van der Waals surface area (Å²) in [5, 5.41) is 0. The Morgan fingerprint density at radius 3 is 2.42 bits per heavy atom. The molecular weight excluding hydrogens is 330 g/mol. The minimum Gasteiger partial charge on any atom is -0.496 e. The van der Waals surface area contributed by atoms with E-state index >= 15 is 0 Å². The number of hydrogen-bond acceptors (Lipinski definition) is 5. The van der Waals surface area contributed by atoms with Crippen molar-refractivity contribution in [3.8, 4) is 17.2 Å². The molecule has 2 aromatic carbocycles. The van der Waals surface area contributed by atoms with E-state index in [9.17, 15) is 8.42 Å². The van der Waals surface area contributed by atoms with Crippen molar-refractivity contribution in [3.63, 3.8) is 0 Å². The molecule has 0 amide bonds. The Morgan fingerprint density at radius 2 is 1.71 bits per heavy atom. The number of hydrogen-bond donors (Lipinski definition) is 1. The molecule has 0 bridgehead atoms. The largest absolute Gasteiger partial charge is 0.496 e. The Hall–Kier alpha value is -2.41. The number of nitrogens with one attached hydrogen (secondary N) is 1. The molecule has 3 rings (SSSR count). The molecule has 0 saturated carbocycles. The normalized spacial score (nSPS) is 13.5. The smallest absolute Gasteiger partial charge is 0.262 e. The van der Waals surface area contributed by atoms with Crippen LogP contribution in [0.1, 0.15) is 11.1 Å². The van der Waals surface area contributed by atoms with Crippen molar-refractivity contribution in [3.05, 3.63) is 41.5 Å². The third kappa shape index (κ3) is 3.12. The van der Waals surface area contributed by atoms with E-state index in [1.165, 1.54) is 12.1 Å². The third-order valence-electron chi connectivity index (χ3n) is 3.81. The number of methoxy groups -OCH3 is 1. The molecular formula is C17H19NO5S. The average Bonchev–Trinajstić information content (AvgIpc) is 2.57. The van der Waals surface area contributed by atoms with E-state index in [0.29, 0.717) is 30.4 Å². The third-order valence-corrected chi connectivity index (χ3v) is 5.17. The van der Waals surface area contributed by atoms with Gasteiger partial charge in [0, 0.05) is 6.07 Å². The Morgan fingerprint density at radius 1 is 1.00 bits per heavy atom. The molecule has 1 aliphatic heterocycles. The molecule has 0 unspecified atom stereocenters. The minimum absolute atomic E-state index is 0.125. The summed E-state index contributed by atoms with van der Waals surface area (Å²) < 4.78 is 44.1. The second kappa shape index (κ2) is 6.24. The van der Waals surface area contributed by atoms with Crippen LogP contribution >= 0.6 is 0 Å². The van der Waals surface area contributed by atoms with Gasteiger partial charge >= 0.3 is 0 Å². The van der Waals surface area contributed by atoms with E-state index in [4.69, 9.17) is 14.2 Å². The van der Waals surface area contributed by atoms with Crippen LogP contribution in [0.15, 0.2) is 35.2 Å². The van der Waals surface area contributed by atoms with Gasteiger partial charge in [-0.15, -0.1) is 0 Å². The van der Waals surface area contributed by atoms with Gasteiger partial charge in [0.25, 0.3) is 10.0 Å². The topological polar surface area (TPSA) is 73.9 Å². The Balaban J connectivity index is 1.93. The first-order valence-electron chi connectivity index (χ1n) is 7.48. The highest BCUT2D eigenvalue weighted by atomic mass is 32.2. The first kappa shape index (κ1) is 16.4. The van der Waals surface area contributed by atoms with Crippen molar-refractivity contribution in [2.45, 2.75) is 18.7 Å². The maximum absolute atomic E-state index is 12.7. The quantitative estimate of drug-likeness (QED) is 0.919. The number of anilines is 1. The lowest BCUT2D eigenvalue weighted by Crippen LogP contribution is -2.17. The molecule has 1 heterocycles. The number of sulfonamides is 1. The van der Waals surface area contributed by atoms with Crippen LogP contribution in [-0.4, -0.2) is 28.7 Å². The number of fused-ring (bicyclic) bond motifs is 1. The number of ether oxygens (including phenoxy) is 3. The molecule has 1 N–H and O–H groups in total. The Kier molecular flexibility index (Phi) is 4.28. The molecule has 0 atom stereocenters. The highest BCUT2D eigenvalue weighted by Crippen LogP contribution is 2.33. The van der Waals surface area contributed by atoms with Gasteiger partial charge in [-0.25, -0.2) is 8.42 Å². The van der Waals surface area contributed by atoms with Crippen molar-refractivity contribution >= 4 is 15.7 Å². The van der Waals surface area contributed by atoms with Crippen molar-refractivity contribution in [2.24, 2.45) is 0 Å². The fourth-order valence-electron chi connectivity index (χ4n) is 2.51. The predicted molar refractivity (Wildman–Crippen MR) is 90.7 cm³/mol. The summed E-state index contributed by atoms with van der Waals surface area (Å²) in [6, 6.07) is 8.14. The lowest BCUT2D eigenvalue weighted by atomic mass is 10.1. The van der Waals surface area contributed by atoms with E-state index in [-0.39, 0.29) is 4.90 Å². The number of rotatable bonds is 4. The number of benzene rings is 2. The molecule has 0 fully saturated rings. The first-order chi connectivity index (χ1) is 11.4. The minimum atomic E-state index is -3.73. The van der Waals surface area contributed by atoms with Gasteiger partial charge in [0.05, 0.1) is 17.7 Å². The van der Waals surface area contributed by atoms with Crippen molar-refractivity contribution < 1.29 is 22.6 Å². The molecule has 0 aromatic heterocycles. The summed E-state index contributed by atoms with van der Waals surface area (Å²) in [6.45, 7) is 4.55. The maximum atomic E-state index is 12.7. The van der Waals surface area contributed by atoms with Gasteiger partial charge in [-0.05, 0) is 49.2 Å². The van der Waals surface area contributed by atoms with Gasteiger partial charge in [-0.1, -0.05) is 0 Å². The predicted octanol–water partition coefficient (Wildman–Crippen LogP) is 2.88. The summed E-state index contributed by atoms with van der Waals surface area (Å²) in [6.07, 6.45) is 0. The van der Waals surface area contributed by atoms with Crippen LogP contribution in [-0.2, 0) is 10.0 Å². The standard InChI is InChI=1S/C17H19NO5S/c1-11-9-16(21-3)12(2)8-14(11)18-24(19,20)13-4-5-15-17(10-13)23-7-6-22-15/h4-5,8-10,18H,6-7H2,1-3H3. The molecule has 6 nitrogen and oxygen atoms in total. The fourth-order valence-corrected chi connectivity index (χ4v) is 3.65. The van der Waals surface area contributed by atoms with Crippen LogP contribution in [0.2, 0.25) is 0 Å². The molecule has 7 heteroatoms. The lowest BCUT2D eigenvalue weighted by Gasteiger charge is -2.19. The van der Waals surface area contributed by atoms with Crippen molar-refractivity contribution in [2.75, 3.05) is 25.0 Å². The van der Waals surface area contributed by atoms with Crippen LogP contribution < -0.4 is 18.9 Å². The molecule has 0 spiro atoms. The molecule has 1 aliphatic rings. The monoisotopic (exact) mass is 349 g/mol. The van der Waals surface area contributed by atoms with Crippen molar-refractivity contribution in [1.29, 1.82) is 0 Å². The lowest BCUT2D eigenvalue weighted by molar-refractivity contribution is 0.171. The Labute approximate surface area is 141 Å². The van der Waals surface area contributed by atoms with Crippen LogP contribution in [0.4, 0.5) is 5.69 Å². The van der Waals surface area contributed by atoms with Crippen molar-refractivity contribution in [1.82, 2.24) is 0 Å². The van der Waals surface area contributed by atoms with Crippen LogP contribution in [0.5, 0.6) is 17.2 Å². The molecule has 0 radical (unpaired) electrons. The second-order valence-corrected chi connectivity index (χ2v) is 7.23. The highest BCUT2D eigenvalue weighted by molar-refractivity contribution is 7.92. The summed E-state index contributed by atoms with van der Waals surface area (Å²) in [5.74, 6) is 1.71. The van der Waals surface area contributed by atoms with Gasteiger partial charge in [0.2, 0.25) is 0 Å². The SMILES string of the molecule is COc1cc(C)c(NS(=O)(=O)c2ccc3c(c2)OCCO3)cc1C. The zero-order valence-corrected chi connectivity index (χ0v) is 14.6. The first-order valence-corrected chi connectivity index (χ1v) is 8.97. The Bertz CT molecular complexity index is 877. The van der Waals surface area contributed by atoms with Crippen LogP contribution in [0.25, 0.3) is 0 Å². The van der Waals surface area contributed by atoms with E-state index in [0.717, 1.165) is 16.9 Å². The molecule has 0 aliphatic carbocycles. The van der Waals surface area contributed by atoms with E-state index in [1.807, 2.05) is 13.8 Å². The van der Waals surface area contributed by atoms with Gasteiger partial charge in [-0.3, -0.25) is 4.72 Å². The molecule has 128 valence electrons. The maximum Gasteiger partial charge on any atom is 0.262 e. The summed E-state index contributed by atoms with van der Waals surface area (Å²) in [5.41, 5.74) is 2.14. The van der Waals surface area contributed by atoms with Gasteiger partial charge in [0.15, 0.2) is 11.5 Å². The van der Waals surface area contributed by atoms with Gasteiger partial charge < -0.3 is 14.2 Å². The fraction of sp³-hybridized carbons (Fsp3) is 0.294. The van der Waals surface area contributed by atoms with Gasteiger partial charge in [0.1, 0.15) is 19.0 Å². The summed E-state index contributed by atoms with van der Waals surface area (Å²) in [7, 11) is -2.15. The van der Waals surface area contributed by atoms with E-state index < -0.39 is 10.0 Å². The zero-order valence-electron chi connectivity index (χ0n) is 13.8. The van der Waals surface area contributed by atoms with Crippen LogP contribution in [0, 0.1) is 13.8 Å². The zero-order chi connectivity index (χ0) is 17.3. The van der Waals surface area contributed by atoms with E-state index in [1.54, 1.807) is 25.3 Å². The highest BCUT2D eigenvalue weighted by Gasteiger charge is 2.20. The van der Waals surface area contributed by atoms with E-state index in [2.05, 4.69) is 4.72 Å². The average molecular weight is 349 g/mol. The second-order valence-electron chi connectivity index (χ2n) is 5.55. The van der Waals surface area contributed by atoms with Crippen LogP contribution in [0.3, 0.4) is 0 Å². The summed E-state index contributed by atoms with van der Waals surface area (Å²) >= 11 is 0. The summed E-state index contributed by atoms with van der Waals surface area (Å²) in [4.78, 5) is 0.125.